The van der Waals surface area contributed by atoms with E-state index in [1.54, 1.807) is 31.3 Å². The summed E-state index contributed by atoms with van der Waals surface area (Å²) in [6.45, 7) is 3.65. The molecule has 4 rings (SSSR count). The third kappa shape index (κ3) is 4.07. The number of benzene rings is 2. The number of hydrogen-bond donors (Lipinski definition) is 3. The van der Waals surface area contributed by atoms with Gasteiger partial charge in [-0.15, -0.1) is 0 Å². The van der Waals surface area contributed by atoms with Gasteiger partial charge in [-0.1, -0.05) is 19.1 Å². The van der Waals surface area contributed by atoms with Gasteiger partial charge >= 0.3 is 0 Å². The van der Waals surface area contributed by atoms with Gasteiger partial charge in [0.05, 0.1) is 29.0 Å². The van der Waals surface area contributed by atoms with E-state index >= 15 is 0 Å². The van der Waals surface area contributed by atoms with E-state index < -0.39 is 15.5 Å². The molecule has 0 fully saturated rings. The summed E-state index contributed by atoms with van der Waals surface area (Å²) in [5.41, 5.74) is 2.55. The summed E-state index contributed by atoms with van der Waals surface area (Å²) in [6, 6.07) is 10.8. The van der Waals surface area contributed by atoms with E-state index in [2.05, 4.69) is 21.0 Å². The molecule has 1 unspecified atom stereocenters. The van der Waals surface area contributed by atoms with Crippen molar-refractivity contribution in [1.29, 1.82) is 0 Å². The second-order valence-electron chi connectivity index (χ2n) is 7.79. The van der Waals surface area contributed by atoms with Crippen molar-refractivity contribution in [3.8, 4) is 5.75 Å². The minimum Gasteiger partial charge on any atom is -0.495 e. The molecule has 10 heteroatoms. The minimum absolute atomic E-state index is 0.0129. The van der Waals surface area contributed by atoms with Gasteiger partial charge in [0.15, 0.2) is 15.5 Å². The van der Waals surface area contributed by atoms with E-state index in [4.69, 9.17) is 9.73 Å². The number of likely N-dealkylation sites (N-methyl/N-ethyl adjacent to an activating group) is 1. The van der Waals surface area contributed by atoms with E-state index in [0.29, 0.717) is 17.4 Å². The topological polar surface area (TPSA) is 110 Å². The summed E-state index contributed by atoms with van der Waals surface area (Å²) >= 11 is 0. The summed E-state index contributed by atoms with van der Waals surface area (Å²) in [4.78, 5) is 5.10. The second kappa shape index (κ2) is 8.53. The van der Waals surface area contributed by atoms with Crippen molar-refractivity contribution >= 4 is 32.4 Å². The van der Waals surface area contributed by atoms with Crippen molar-refractivity contribution in [3.05, 3.63) is 59.9 Å². The molecule has 174 valence electrons. The predicted molar refractivity (Wildman–Crippen MR) is 130 cm³/mol. The Balaban J connectivity index is 1.74. The monoisotopic (exact) mass is 468 g/mol. The Hall–Kier alpha value is -3.37. The molecule has 3 N–H and O–H groups in total. The van der Waals surface area contributed by atoms with Crippen LogP contribution in [0.5, 0.6) is 5.75 Å². The zero-order valence-corrected chi connectivity index (χ0v) is 20.1. The quantitative estimate of drug-likeness (QED) is 0.510. The molecule has 9 nitrogen and oxygen atoms in total. The number of nitrogens with one attached hydrogen (secondary N) is 3. The molecule has 1 aliphatic rings. The van der Waals surface area contributed by atoms with Crippen molar-refractivity contribution in [2.75, 3.05) is 25.2 Å². The summed E-state index contributed by atoms with van der Waals surface area (Å²) in [6.07, 6.45) is 3.71. The molecule has 0 aliphatic carbocycles. The lowest BCUT2D eigenvalue weighted by molar-refractivity contribution is 0.416. The average Bonchev–Trinajstić information content (AvgIpc) is 3.11. The number of sulfone groups is 1. The normalized spacial score (nSPS) is 18.2. The van der Waals surface area contributed by atoms with Crippen molar-refractivity contribution in [2.24, 2.45) is 12.0 Å². The Morgan fingerprint density at radius 1 is 1.21 bits per heavy atom. The van der Waals surface area contributed by atoms with Crippen LogP contribution in [0.15, 0.2) is 58.6 Å². The summed E-state index contributed by atoms with van der Waals surface area (Å²) in [5.74, 6) is 0.956. The molecule has 0 amide bonds. The van der Waals surface area contributed by atoms with Crippen molar-refractivity contribution in [1.82, 2.24) is 20.4 Å². The highest BCUT2D eigenvalue weighted by atomic mass is 32.2. The van der Waals surface area contributed by atoms with E-state index in [1.165, 1.54) is 7.11 Å². The predicted octanol–water partition coefficient (Wildman–Crippen LogP) is 2.64. The van der Waals surface area contributed by atoms with Gasteiger partial charge in [-0.05, 0) is 44.3 Å². The maximum atomic E-state index is 12.4. The number of hydrogen-bond acceptors (Lipinski definition) is 8. The van der Waals surface area contributed by atoms with Crippen LogP contribution >= 0.6 is 0 Å². The SMILES string of the molecule is CCS(=O)(=O)c1ccc(OC)c(NC2=NC(NC)(c3ccc4c(C)n(C)nc4c3)C=CN2)c1. The number of ether oxygens (including phenoxy) is 1. The highest BCUT2D eigenvalue weighted by Crippen LogP contribution is 2.32. The summed E-state index contributed by atoms with van der Waals surface area (Å²) in [7, 11) is 1.92. The molecule has 0 spiro atoms. The highest BCUT2D eigenvalue weighted by molar-refractivity contribution is 7.91. The van der Waals surface area contributed by atoms with Crippen molar-refractivity contribution in [2.45, 2.75) is 24.4 Å². The zero-order valence-electron chi connectivity index (χ0n) is 19.3. The van der Waals surface area contributed by atoms with Crippen LogP contribution in [0.1, 0.15) is 18.2 Å². The maximum Gasteiger partial charge on any atom is 0.202 e. The molecule has 1 aliphatic heterocycles. The Labute approximate surface area is 193 Å². The van der Waals surface area contributed by atoms with Crippen LogP contribution in [-0.4, -0.2) is 44.1 Å². The number of guanidine groups is 1. The first-order valence-electron chi connectivity index (χ1n) is 10.6. The van der Waals surface area contributed by atoms with Gasteiger partial charge in [0.25, 0.3) is 0 Å². The molecule has 0 radical (unpaired) electrons. The first-order valence-corrected chi connectivity index (χ1v) is 12.2. The molecule has 3 aromatic rings. The van der Waals surface area contributed by atoms with Crippen LogP contribution in [0.25, 0.3) is 10.9 Å². The fourth-order valence-electron chi connectivity index (χ4n) is 3.84. The third-order valence-corrected chi connectivity index (χ3v) is 7.68. The number of fused-ring (bicyclic) bond motifs is 1. The first-order chi connectivity index (χ1) is 15.7. The van der Waals surface area contributed by atoms with Gasteiger partial charge < -0.3 is 15.4 Å². The van der Waals surface area contributed by atoms with Crippen LogP contribution < -0.4 is 20.7 Å². The molecule has 1 aromatic heterocycles. The fourth-order valence-corrected chi connectivity index (χ4v) is 4.74. The van der Waals surface area contributed by atoms with Crippen LogP contribution in [0, 0.1) is 6.92 Å². The standard InChI is InChI=1S/C23H28N6O3S/c1-6-33(30,31)17-8-10-21(32-5)20(14-17)26-22-25-12-11-23(24-3,27-22)16-7-9-18-15(2)29(4)28-19(18)13-16/h7-14,24H,6H2,1-5H3,(H2,25,26,27). The van der Waals surface area contributed by atoms with Crippen LogP contribution in [0.2, 0.25) is 0 Å². The molecule has 0 bridgehead atoms. The van der Waals surface area contributed by atoms with Gasteiger partial charge in [-0.25, -0.2) is 13.4 Å². The average molecular weight is 469 g/mol. The Morgan fingerprint density at radius 2 is 2.00 bits per heavy atom. The number of aromatic nitrogens is 2. The largest absolute Gasteiger partial charge is 0.495 e. The fraction of sp³-hybridized carbons (Fsp3) is 0.304. The molecule has 0 saturated carbocycles. The lowest BCUT2D eigenvalue weighted by Crippen LogP contribution is -2.43. The van der Waals surface area contributed by atoms with Gasteiger partial charge in [0.1, 0.15) is 5.75 Å². The minimum atomic E-state index is -3.37. The smallest absolute Gasteiger partial charge is 0.202 e. The van der Waals surface area contributed by atoms with E-state index in [9.17, 15) is 8.42 Å². The Bertz CT molecular complexity index is 1380. The van der Waals surface area contributed by atoms with Gasteiger partial charge in [-0.3, -0.25) is 10.00 Å². The molecule has 33 heavy (non-hydrogen) atoms. The van der Waals surface area contributed by atoms with Gasteiger partial charge in [0, 0.05) is 29.9 Å². The molecule has 1 atom stereocenters. The highest BCUT2D eigenvalue weighted by Gasteiger charge is 2.31. The number of nitrogens with zero attached hydrogens (tertiary/aromatic N) is 3. The molecule has 2 aromatic carbocycles. The van der Waals surface area contributed by atoms with Gasteiger partial charge in [0.2, 0.25) is 5.96 Å². The first kappa shape index (κ1) is 22.8. The lowest BCUT2D eigenvalue weighted by atomic mass is 9.97. The maximum absolute atomic E-state index is 12.4. The number of aliphatic imine (C=N–C) groups is 1. The van der Waals surface area contributed by atoms with Crippen molar-refractivity contribution < 1.29 is 13.2 Å². The van der Waals surface area contributed by atoms with Crippen LogP contribution in [-0.2, 0) is 22.5 Å². The van der Waals surface area contributed by atoms with Crippen molar-refractivity contribution in [3.63, 3.8) is 0 Å². The molecular weight excluding hydrogens is 440 g/mol. The summed E-state index contributed by atoms with van der Waals surface area (Å²) < 4.78 is 32.0. The lowest BCUT2D eigenvalue weighted by Gasteiger charge is -2.31. The molecule has 0 saturated heterocycles. The molecular formula is C23H28N6O3S. The number of methoxy groups -OCH3 is 1. The van der Waals surface area contributed by atoms with E-state index in [1.807, 2.05) is 50.0 Å². The van der Waals surface area contributed by atoms with E-state index in [0.717, 1.165) is 22.2 Å². The summed E-state index contributed by atoms with van der Waals surface area (Å²) in [5, 5.41) is 15.3. The van der Waals surface area contributed by atoms with Crippen LogP contribution in [0.4, 0.5) is 5.69 Å². The number of aryl methyl sites for hydroxylation is 2. The Kier molecular flexibility index (Phi) is 5.89. The third-order valence-electron chi connectivity index (χ3n) is 5.95. The van der Waals surface area contributed by atoms with Crippen LogP contribution in [0.3, 0.4) is 0 Å². The zero-order chi connectivity index (χ0) is 23.8. The second-order valence-corrected chi connectivity index (χ2v) is 10.1. The number of rotatable bonds is 6. The molecule has 2 heterocycles. The number of anilines is 1. The Morgan fingerprint density at radius 3 is 2.70 bits per heavy atom. The van der Waals surface area contributed by atoms with E-state index in [-0.39, 0.29) is 10.6 Å². The van der Waals surface area contributed by atoms with Gasteiger partial charge in [-0.2, -0.15) is 5.10 Å².